The number of unbranched alkanes of at least 4 members (excludes halogenated alkanes) is 1. The maximum absolute atomic E-state index is 3.88. The Morgan fingerprint density at radius 1 is 1.80 bits per heavy atom. The highest BCUT2D eigenvalue weighted by atomic mass is 32.1. The molecule has 0 amide bonds. The molecule has 0 aliphatic rings. The first-order chi connectivity index (χ1) is 2.41. The Morgan fingerprint density at radius 2 is 2.40 bits per heavy atom. The summed E-state index contributed by atoms with van der Waals surface area (Å²) in [4.78, 5) is 0. The van der Waals surface area contributed by atoms with E-state index >= 15 is 0 Å². The predicted octanol–water partition coefficient (Wildman–Crippen LogP) is 1.88. The van der Waals surface area contributed by atoms with E-state index < -0.39 is 0 Å². The van der Waals surface area contributed by atoms with Crippen LogP contribution in [0, 0.1) is 5.75 Å². The molecular formula is C4H9S. The lowest BCUT2D eigenvalue weighted by Crippen LogP contribution is -1.57. The maximum atomic E-state index is 3.88. The highest BCUT2D eigenvalue weighted by Crippen LogP contribution is 1.92. The summed E-state index contributed by atoms with van der Waals surface area (Å²) in [7, 11) is 0. The van der Waals surface area contributed by atoms with Crippen LogP contribution in [0.15, 0.2) is 0 Å². The molecule has 0 aliphatic heterocycles. The van der Waals surface area contributed by atoms with E-state index in [0.717, 1.165) is 6.42 Å². The Kier molecular flexibility index (Phi) is 4.65. The minimum atomic E-state index is 1.13. The first-order valence-electron chi connectivity index (χ1n) is 1.87. The fraction of sp³-hybridized carbons (Fsp3) is 0.750. The molecule has 5 heavy (non-hydrogen) atoms. The molecule has 0 aromatic heterocycles. The van der Waals surface area contributed by atoms with Crippen molar-refractivity contribution in [3.05, 3.63) is 5.75 Å². The van der Waals surface area contributed by atoms with Gasteiger partial charge in [-0.25, -0.2) is 0 Å². The number of rotatable bonds is 2. The van der Waals surface area contributed by atoms with Crippen molar-refractivity contribution in [3.63, 3.8) is 0 Å². The van der Waals surface area contributed by atoms with E-state index in [9.17, 15) is 0 Å². The molecule has 0 unspecified atom stereocenters. The van der Waals surface area contributed by atoms with Gasteiger partial charge in [-0.1, -0.05) is 13.3 Å². The van der Waals surface area contributed by atoms with E-state index in [4.69, 9.17) is 0 Å². The van der Waals surface area contributed by atoms with Crippen LogP contribution in [-0.2, 0) is 0 Å². The molecule has 0 aromatic carbocycles. The monoisotopic (exact) mass is 89.0 g/mol. The van der Waals surface area contributed by atoms with Crippen LogP contribution < -0.4 is 0 Å². The first kappa shape index (κ1) is 5.35. The summed E-state index contributed by atoms with van der Waals surface area (Å²) in [6, 6.07) is 0. The summed E-state index contributed by atoms with van der Waals surface area (Å²) < 4.78 is 0. The summed E-state index contributed by atoms with van der Waals surface area (Å²) in [5.74, 6) is 1.88. The van der Waals surface area contributed by atoms with Gasteiger partial charge in [-0.3, -0.25) is 0 Å². The summed E-state index contributed by atoms with van der Waals surface area (Å²) in [5, 5.41) is 0. The van der Waals surface area contributed by atoms with E-state index in [2.05, 4.69) is 19.6 Å². The molecule has 0 bridgehead atoms. The van der Waals surface area contributed by atoms with Gasteiger partial charge in [-0.15, -0.1) is 0 Å². The van der Waals surface area contributed by atoms with E-state index in [-0.39, 0.29) is 0 Å². The van der Waals surface area contributed by atoms with Crippen molar-refractivity contribution in [2.75, 3.05) is 0 Å². The number of thiol groups is 1. The van der Waals surface area contributed by atoms with Crippen molar-refractivity contribution < 1.29 is 0 Å². The highest BCUT2D eigenvalue weighted by Gasteiger charge is 1.69. The zero-order chi connectivity index (χ0) is 4.12. The number of hydrogen-bond donors (Lipinski definition) is 1. The molecule has 0 atom stereocenters. The minimum absolute atomic E-state index is 1.13. The molecule has 0 saturated heterocycles. The summed E-state index contributed by atoms with van der Waals surface area (Å²) >= 11 is 3.88. The second-order valence-corrected chi connectivity index (χ2v) is 1.34. The van der Waals surface area contributed by atoms with Gasteiger partial charge in [0.15, 0.2) is 0 Å². The quantitative estimate of drug-likeness (QED) is 0.491. The van der Waals surface area contributed by atoms with Crippen molar-refractivity contribution in [1.29, 1.82) is 0 Å². The fourth-order valence-corrected chi connectivity index (χ4v) is 0.387. The van der Waals surface area contributed by atoms with Gasteiger partial charge in [0.25, 0.3) is 0 Å². The highest BCUT2D eigenvalue weighted by molar-refractivity contribution is 7.82. The Hall–Kier alpha value is 0.350. The molecule has 0 spiro atoms. The Labute approximate surface area is 39.0 Å². The first-order valence-corrected chi connectivity index (χ1v) is 2.39. The van der Waals surface area contributed by atoms with E-state index in [0.29, 0.717) is 0 Å². The lowest BCUT2D eigenvalue weighted by atomic mass is 10.4. The third kappa shape index (κ3) is 4.35. The van der Waals surface area contributed by atoms with Crippen LogP contribution in [0.1, 0.15) is 19.8 Å². The molecule has 1 radical (unpaired) electrons. The number of hydrogen-bond acceptors (Lipinski definition) is 1. The Balaban J connectivity index is 2.19. The van der Waals surface area contributed by atoms with Gasteiger partial charge in [-0.2, -0.15) is 12.6 Å². The van der Waals surface area contributed by atoms with E-state index in [1.165, 1.54) is 6.42 Å². The van der Waals surface area contributed by atoms with Crippen LogP contribution in [0.5, 0.6) is 0 Å². The van der Waals surface area contributed by atoms with Gasteiger partial charge in [0.2, 0.25) is 0 Å². The zero-order valence-corrected chi connectivity index (χ0v) is 4.33. The second kappa shape index (κ2) is 4.35. The van der Waals surface area contributed by atoms with Gasteiger partial charge < -0.3 is 0 Å². The van der Waals surface area contributed by atoms with Gasteiger partial charge in [-0.05, 0) is 6.42 Å². The second-order valence-electron chi connectivity index (χ2n) is 0.971. The largest absolute Gasteiger partial charge is 0.175 e. The third-order valence-corrected chi connectivity index (χ3v) is 0.676. The predicted molar refractivity (Wildman–Crippen MR) is 28.2 cm³/mol. The molecule has 31 valence electrons. The van der Waals surface area contributed by atoms with Crippen LogP contribution >= 0.6 is 12.6 Å². The topological polar surface area (TPSA) is 0 Å². The van der Waals surface area contributed by atoms with Crippen molar-refractivity contribution in [3.8, 4) is 0 Å². The fourth-order valence-electron chi connectivity index (χ4n) is 0.129. The van der Waals surface area contributed by atoms with Crippen molar-refractivity contribution >= 4 is 12.6 Å². The maximum Gasteiger partial charge on any atom is 0.0133 e. The van der Waals surface area contributed by atoms with Crippen LogP contribution in [0.2, 0.25) is 0 Å². The van der Waals surface area contributed by atoms with Crippen LogP contribution in [-0.4, -0.2) is 0 Å². The van der Waals surface area contributed by atoms with E-state index in [1.54, 1.807) is 0 Å². The standard InChI is InChI=1S/C4H9S/c1-2-3-4-5/h4-5H,2-3H2,1H3. The van der Waals surface area contributed by atoms with Crippen molar-refractivity contribution in [2.45, 2.75) is 19.8 Å². The Morgan fingerprint density at radius 3 is 2.40 bits per heavy atom. The lowest BCUT2D eigenvalue weighted by molar-refractivity contribution is 0.946. The average molecular weight is 89.2 g/mol. The van der Waals surface area contributed by atoms with Crippen LogP contribution in [0.3, 0.4) is 0 Å². The summed E-state index contributed by atoms with van der Waals surface area (Å²) in [6.07, 6.45) is 2.34. The van der Waals surface area contributed by atoms with Gasteiger partial charge in [0.05, 0.1) is 0 Å². The van der Waals surface area contributed by atoms with Gasteiger partial charge >= 0.3 is 0 Å². The summed E-state index contributed by atoms with van der Waals surface area (Å²) in [5.41, 5.74) is 0. The minimum Gasteiger partial charge on any atom is -0.175 e. The van der Waals surface area contributed by atoms with E-state index in [1.807, 2.05) is 5.75 Å². The molecule has 0 heterocycles. The smallest absolute Gasteiger partial charge is 0.0133 e. The molecule has 0 N–H and O–H groups in total. The van der Waals surface area contributed by atoms with Crippen molar-refractivity contribution in [2.24, 2.45) is 0 Å². The molecule has 0 rings (SSSR count). The SMILES string of the molecule is CCC[CH]S. The zero-order valence-electron chi connectivity index (χ0n) is 3.44. The molecular weight excluding hydrogens is 80.1 g/mol. The molecule has 1 heteroatoms. The van der Waals surface area contributed by atoms with Crippen LogP contribution in [0.4, 0.5) is 0 Å². The van der Waals surface area contributed by atoms with Gasteiger partial charge in [0, 0.05) is 5.75 Å². The van der Waals surface area contributed by atoms with Gasteiger partial charge in [0.1, 0.15) is 0 Å². The molecule has 0 nitrogen and oxygen atoms in total. The average Bonchev–Trinajstić information content (AvgIpc) is 1.41. The normalized spacial score (nSPS) is 8.40. The Bertz CT molecular complexity index is 11.1. The van der Waals surface area contributed by atoms with Crippen molar-refractivity contribution in [1.82, 2.24) is 0 Å². The molecule has 0 saturated carbocycles. The van der Waals surface area contributed by atoms with Crippen LogP contribution in [0.25, 0.3) is 0 Å². The third-order valence-electron chi connectivity index (χ3n) is 0.418. The molecule has 0 aromatic rings. The lowest BCUT2D eigenvalue weighted by Gasteiger charge is -1.78. The molecule has 0 aliphatic carbocycles. The summed E-state index contributed by atoms with van der Waals surface area (Å²) in [6.45, 7) is 2.13. The molecule has 0 fully saturated rings.